The van der Waals surface area contributed by atoms with E-state index in [1.54, 1.807) is 33.8 Å². The van der Waals surface area contributed by atoms with Crippen molar-refractivity contribution in [3.63, 3.8) is 0 Å². The second-order valence-electron chi connectivity index (χ2n) is 5.05. The van der Waals surface area contributed by atoms with E-state index in [1.807, 2.05) is 0 Å². The molecule has 0 aliphatic carbocycles. The Balaban J connectivity index is 3.02. The molecule has 20 heavy (non-hydrogen) atoms. The van der Waals surface area contributed by atoms with Gasteiger partial charge >= 0.3 is 12.1 Å². The lowest BCUT2D eigenvalue weighted by Gasteiger charge is -2.20. The van der Waals surface area contributed by atoms with Crippen LogP contribution in [0.4, 0.5) is 10.5 Å². The van der Waals surface area contributed by atoms with Crippen molar-refractivity contribution in [2.45, 2.75) is 33.3 Å². The molecule has 0 fully saturated rings. The van der Waals surface area contributed by atoms with Crippen molar-refractivity contribution in [1.82, 2.24) is 0 Å². The third-order valence-electron chi connectivity index (χ3n) is 2.17. The highest BCUT2D eigenvalue weighted by Gasteiger charge is 2.20. The maximum atomic E-state index is 11.7. The molecule has 0 aromatic heterocycles. The summed E-state index contributed by atoms with van der Waals surface area (Å²) in [7, 11) is 0. The lowest BCUT2D eigenvalue weighted by Crippen LogP contribution is -2.27. The van der Waals surface area contributed by atoms with Gasteiger partial charge in [0.2, 0.25) is 0 Å². The first-order valence-electron chi connectivity index (χ1n) is 6.23. The third kappa shape index (κ3) is 4.46. The number of ether oxygens (including phenoxy) is 2. The number of carbonyl (C=O) groups excluding carboxylic acids is 1. The van der Waals surface area contributed by atoms with Crippen molar-refractivity contribution in [1.29, 1.82) is 0 Å². The van der Waals surface area contributed by atoms with Gasteiger partial charge in [-0.2, -0.15) is 0 Å². The summed E-state index contributed by atoms with van der Waals surface area (Å²) in [5, 5.41) is 11.6. The smallest absolute Gasteiger partial charge is 0.412 e. The fourth-order valence-corrected chi connectivity index (χ4v) is 1.52. The number of nitrogens with one attached hydrogen (secondary N) is 1. The average Bonchev–Trinajstić information content (AvgIpc) is 2.28. The van der Waals surface area contributed by atoms with Gasteiger partial charge in [0.05, 0.1) is 12.3 Å². The van der Waals surface area contributed by atoms with Crippen molar-refractivity contribution >= 4 is 17.7 Å². The first-order valence-corrected chi connectivity index (χ1v) is 6.23. The molecular weight excluding hydrogens is 262 g/mol. The fraction of sp³-hybridized carbons (Fsp3) is 0.429. The second kappa shape index (κ2) is 6.27. The van der Waals surface area contributed by atoms with Crippen molar-refractivity contribution < 1.29 is 24.2 Å². The first kappa shape index (κ1) is 15.8. The molecule has 0 bridgehead atoms. The van der Waals surface area contributed by atoms with Gasteiger partial charge in [0, 0.05) is 0 Å². The molecule has 0 unspecified atom stereocenters. The number of carboxylic acids is 1. The molecule has 6 nitrogen and oxygen atoms in total. The Labute approximate surface area is 117 Å². The van der Waals surface area contributed by atoms with Crippen LogP contribution in [0.1, 0.15) is 38.1 Å². The van der Waals surface area contributed by atoms with Crippen LogP contribution in [-0.2, 0) is 4.74 Å². The number of rotatable bonds is 4. The van der Waals surface area contributed by atoms with E-state index in [-0.39, 0.29) is 23.6 Å². The molecule has 0 atom stereocenters. The molecule has 0 heterocycles. The standard InChI is InChI=1S/C14H19NO5/c1-5-19-11-9(12(16)17)7-6-8-10(11)15-13(18)20-14(2,3)4/h6-8H,5H2,1-4H3,(H,15,18)(H,16,17). The molecule has 0 aliphatic rings. The summed E-state index contributed by atoms with van der Waals surface area (Å²) in [6.07, 6.45) is -0.666. The van der Waals surface area contributed by atoms with Gasteiger partial charge in [0.1, 0.15) is 11.2 Å². The number of anilines is 1. The predicted octanol–water partition coefficient (Wildman–Crippen LogP) is 3.13. The molecule has 6 heteroatoms. The molecule has 1 aromatic carbocycles. The van der Waals surface area contributed by atoms with Crippen LogP contribution in [0.3, 0.4) is 0 Å². The number of amides is 1. The lowest BCUT2D eigenvalue weighted by atomic mass is 10.1. The monoisotopic (exact) mass is 281 g/mol. The number of aromatic carboxylic acids is 1. The molecule has 0 aliphatic heterocycles. The SMILES string of the molecule is CCOc1c(NC(=O)OC(C)(C)C)cccc1C(=O)O. The van der Waals surface area contributed by atoms with Gasteiger partial charge in [0.15, 0.2) is 5.75 Å². The number of hydrogen-bond acceptors (Lipinski definition) is 4. The molecule has 1 aromatic rings. The third-order valence-corrected chi connectivity index (χ3v) is 2.17. The van der Waals surface area contributed by atoms with E-state index >= 15 is 0 Å². The van der Waals surface area contributed by atoms with Crippen LogP contribution in [0.2, 0.25) is 0 Å². The molecule has 0 saturated carbocycles. The van der Waals surface area contributed by atoms with Crippen molar-refractivity contribution in [3.8, 4) is 5.75 Å². The summed E-state index contributed by atoms with van der Waals surface area (Å²) in [4.78, 5) is 22.9. The van der Waals surface area contributed by atoms with Gasteiger partial charge < -0.3 is 14.6 Å². The molecule has 0 spiro atoms. The minimum absolute atomic E-state index is 0.0135. The number of carbonyl (C=O) groups is 2. The van der Waals surface area contributed by atoms with E-state index in [1.165, 1.54) is 12.1 Å². The summed E-state index contributed by atoms with van der Waals surface area (Å²) < 4.78 is 10.4. The zero-order chi connectivity index (χ0) is 15.3. The van der Waals surface area contributed by atoms with Gasteiger partial charge in [-0.05, 0) is 39.8 Å². The quantitative estimate of drug-likeness (QED) is 0.885. The van der Waals surface area contributed by atoms with Crippen LogP contribution in [0.25, 0.3) is 0 Å². The van der Waals surface area contributed by atoms with Gasteiger partial charge in [0.25, 0.3) is 0 Å². The molecule has 1 amide bonds. The van der Waals surface area contributed by atoms with Crippen molar-refractivity contribution in [3.05, 3.63) is 23.8 Å². The van der Waals surface area contributed by atoms with Gasteiger partial charge in [-0.15, -0.1) is 0 Å². The van der Waals surface area contributed by atoms with Crippen molar-refractivity contribution in [2.24, 2.45) is 0 Å². The first-order chi connectivity index (χ1) is 9.24. The minimum atomic E-state index is -1.12. The number of carboxylic acid groups (broad SMARTS) is 1. The van der Waals surface area contributed by atoms with E-state index in [4.69, 9.17) is 14.6 Å². The average molecular weight is 281 g/mol. The fourth-order valence-electron chi connectivity index (χ4n) is 1.52. The highest BCUT2D eigenvalue weighted by atomic mass is 16.6. The Kier molecular flexibility index (Phi) is 4.96. The summed E-state index contributed by atoms with van der Waals surface area (Å²) in [6.45, 7) is 7.24. The summed E-state index contributed by atoms with van der Waals surface area (Å²) in [5.74, 6) is -1.00. The Bertz CT molecular complexity index is 505. The van der Waals surface area contributed by atoms with Gasteiger partial charge in [-0.3, -0.25) is 5.32 Å². The van der Waals surface area contributed by atoms with E-state index < -0.39 is 17.7 Å². The molecule has 0 radical (unpaired) electrons. The van der Waals surface area contributed by atoms with E-state index in [0.717, 1.165) is 0 Å². The van der Waals surface area contributed by atoms with Crippen LogP contribution in [0.15, 0.2) is 18.2 Å². The van der Waals surface area contributed by atoms with E-state index in [9.17, 15) is 9.59 Å². The minimum Gasteiger partial charge on any atom is -0.491 e. The largest absolute Gasteiger partial charge is 0.491 e. The predicted molar refractivity (Wildman–Crippen MR) is 74.4 cm³/mol. The number of hydrogen-bond donors (Lipinski definition) is 2. The zero-order valence-corrected chi connectivity index (χ0v) is 12.0. The van der Waals surface area contributed by atoms with Crippen LogP contribution < -0.4 is 10.1 Å². The summed E-state index contributed by atoms with van der Waals surface area (Å²) >= 11 is 0. The van der Waals surface area contributed by atoms with Crippen LogP contribution in [0, 0.1) is 0 Å². The highest BCUT2D eigenvalue weighted by molar-refractivity contribution is 5.96. The molecule has 0 saturated heterocycles. The Morgan fingerprint density at radius 1 is 1.30 bits per heavy atom. The topological polar surface area (TPSA) is 84.9 Å². The molecular formula is C14H19NO5. The number of para-hydroxylation sites is 1. The van der Waals surface area contributed by atoms with Gasteiger partial charge in [-0.25, -0.2) is 9.59 Å². The maximum Gasteiger partial charge on any atom is 0.412 e. The Hall–Kier alpha value is -2.24. The Morgan fingerprint density at radius 3 is 2.45 bits per heavy atom. The number of benzene rings is 1. The lowest BCUT2D eigenvalue weighted by molar-refractivity contribution is 0.0631. The van der Waals surface area contributed by atoms with Crippen LogP contribution >= 0.6 is 0 Å². The maximum absolute atomic E-state index is 11.7. The van der Waals surface area contributed by atoms with Crippen LogP contribution in [-0.4, -0.2) is 29.4 Å². The normalized spacial score (nSPS) is 10.8. The molecule has 1 rings (SSSR count). The molecule has 2 N–H and O–H groups in total. The summed E-state index contributed by atoms with van der Waals surface area (Å²) in [5.41, 5.74) is -0.387. The van der Waals surface area contributed by atoms with Gasteiger partial charge in [-0.1, -0.05) is 6.07 Å². The molecule has 110 valence electrons. The zero-order valence-electron chi connectivity index (χ0n) is 12.0. The van der Waals surface area contributed by atoms with E-state index in [0.29, 0.717) is 0 Å². The summed E-state index contributed by atoms with van der Waals surface area (Å²) in [6, 6.07) is 4.49. The van der Waals surface area contributed by atoms with Crippen LogP contribution in [0.5, 0.6) is 5.75 Å². The van der Waals surface area contributed by atoms with Crippen molar-refractivity contribution in [2.75, 3.05) is 11.9 Å². The van der Waals surface area contributed by atoms with E-state index in [2.05, 4.69) is 5.32 Å². The highest BCUT2D eigenvalue weighted by Crippen LogP contribution is 2.29. The second-order valence-corrected chi connectivity index (χ2v) is 5.05. The Morgan fingerprint density at radius 2 is 1.95 bits per heavy atom.